The lowest BCUT2D eigenvalue weighted by atomic mass is 9.83. The molecule has 0 bridgehead atoms. The van der Waals surface area contributed by atoms with Crippen LogP contribution in [0.1, 0.15) is 52.8 Å². The van der Waals surface area contributed by atoms with Crippen LogP contribution < -0.4 is 11.3 Å². The number of ether oxygens (including phenoxy) is 1. The molecule has 1 aromatic rings. The van der Waals surface area contributed by atoms with Crippen LogP contribution >= 0.6 is 0 Å². The molecule has 1 aromatic heterocycles. The normalized spacial score (nSPS) is 15.5. The van der Waals surface area contributed by atoms with Crippen molar-refractivity contribution in [2.45, 2.75) is 59.7 Å². The summed E-state index contributed by atoms with van der Waals surface area (Å²) in [6, 6.07) is -0.124. The number of aromatic nitrogens is 3. The van der Waals surface area contributed by atoms with Gasteiger partial charge in [0.2, 0.25) is 0 Å². The van der Waals surface area contributed by atoms with Gasteiger partial charge in [-0.05, 0) is 18.8 Å². The Kier molecular flexibility index (Phi) is 5.90. The van der Waals surface area contributed by atoms with E-state index in [2.05, 4.69) is 43.4 Å². The summed E-state index contributed by atoms with van der Waals surface area (Å²) in [5, 5.41) is 8.11. The van der Waals surface area contributed by atoms with Crippen molar-refractivity contribution in [3.63, 3.8) is 0 Å². The first-order chi connectivity index (χ1) is 8.95. The molecule has 0 amide bonds. The van der Waals surface area contributed by atoms with Gasteiger partial charge in [0, 0.05) is 13.2 Å². The van der Waals surface area contributed by atoms with Crippen LogP contribution in [-0.4, -0.2) is 27.7 Å². The second-order valence-electron chi connectivity index (χ2n) is 5.77. The van der Waals surface area contributed by atoms with Gasteiger partial charge >= 0.3 is 0 Å². The molecule has 0 aliphatic heterocycles. The average molecular weight is 269 g/mol. The lowest BCUT2D eigenvalue weighted by molar-refractivity contribution is -0.0384. The first-order valence-corrected chi connectivity index (χ1v) is 6.91. The Morgan fingerprint density at radius 3 is 2.58 bits per heavy atom. The predicted octanol–water partition coefficient (Wildman–Crippen LogP) is 1.64. The van der Waals surface area contributed by atoms with Crippen molar-refractivity contribution in [2.24, 2.45) is 11.3 Å². The molecule has 19 heavy (non-hydrogen) atoms. The van der Waals surface area contributed by atoms with Crippen LogP contribution in [0.5, 0.6) is 0 Å². The maximum Gasteiger partial charge on any atom is 0.0911 e. The van der Waals surface area contributed by atoms with Gasteiger partial charge in [-0.15, -0.1) is 5.10 Å². The van der Waals surface area contributed by atoms with Crippen molar-refractivity contribution in [1.29, 1.82) is 0 Å². The van der Waals surface area contributed by atoms with E-state index in [0.29, 0.717) is 6.61 Å². The Hall–Kier alpha value is -0.980. The van der Waals surface area contributed by atoms with Gasteiger partial charge in [0.1, 0.15) is 0 Å². The molecule has 1 rings (SSSR count). The van der Waals surface area contributed by atoms with Gasteiger partial charge in [-0.3, -0.25) is 5.84 Å². The Balaban J connectivity index is 3.05. The molecule has 0 radical (unpaired) electrons. The highest BCUT2D eigenvalue weighted by Crippen LogP contribution is 2.32. The molecule has 2 unspecified atom stereocenters. The van der Waals surface area contributed by atoms with E-state index >= 15 is 0 Å². The largest absolute Gasteiger partial charge is 0.376 e. The molecule has 0 fully saturated rings. The lowest BCUT2D eigenvalue weighted by Gasteiger charge is -2.36. The van der Waals surface area contributed by atoms with Gasteiger partial charge < -0.3 is 4.74 Å². The van der Waals surface area contributed by atoms with Crippen molar-refractivity contribution >= 4 is 0 Å². The molecule has 0 saturated heterocycles. The number of hydrogen-bond acceptors (Lipinski definition) is 5. The van der Waals surface area contributed by atoms with Crippen LogP contribution in [0, 0.1) is 5.41 Å². The lowest BCUT2D eigenvalue weighted by Crippen LogP contribution is -2.45. The van der Waals surface area contributed by atoms with Crippen LogP contribution in [0.4, 0.5) is 0 Å². The van der Waals surface area contributed by atoms with E-state index in [1.807, 2.05) is 11.6 Å². The number of nitrogens with zero attached hydrogens (tertiary/aromatic N) is 3. The van der Waals surface area contributed by atoms with Gasteiger partial charge in [-0.25, -0.2) is 10.1 Å². The van der Waals surface area contributed by atoms with Crippen molar-refractivity contribution in [3.05, 3.63) is 11.9 Å². The summed E-state index contributed by atoms with van der Waals surface area (Å²) in [5.74, 6) is 5.76. The number of hydrazine groups is 1. The van der Waals surface area contributed by atoms with Crippen LogP contribution in [-0.2, 0) is 11.3 Å². The van der Waals surface area contributed by atoms with Crippen LogP contribution in [0.3, 0.4) is 0 Å². The summed E-state index contributed by atoms with van der Waals surface area (Å²) in [5.41, 5.74) is 3.81. The molecule has 110 valence electrons. The summed E-state index contributed by atoms with van der Waals surface area (Å²) in [4.78, 5) is 0. The van der Waals surface area contributed by atoms with E-state index in [-0.39, 0.29) is 17.6 Å². The van der Waals surface area contributed by atoms with E-state index in [1.165, 1.54) is 0 Å². The zero-order valence-corrected chi connectivity index (χ0v) is 12.7. The second-order valence-corrected chi connectivity index (χ2v) is 5.77. The summed E-state index contributed by atoms with van der Waals surface area (Å²) >= 11 is 0. The van der Waals surface area contributed by atoms with Gasteiger partial charge in [0.25, 0.3) is 0 Å². The average Bonchev–Trinajstić information content (AvgIpc) is 2.77. The van der Waals surface area contributed by atoms with Gasteiger partial charge in [0.05, 0.1) is 24.0 Å². The standard InChI is InChI=1S/C13H27N5O/c1-6-8-18-10(9-15-17-18)11(16-14)12(19-7-2)13(3,4)5/h9,11-12,16H,6-8,14H2,1-5H3. The first-order valence-electron chi connectivity index (χ1n) is 6.91. The van der Waals surface area contributed by atoms with E-state index in [4.69, 9.17) is 10.6 Å². The summed E-state index contributed by atoms with van der Waals surface area (Å²) in [6.07, 6.45) is 2.72. The number of nitrogens with two attached hydrogens (primary N) is 1. The quantitative estimate of drug-likeness (QED) is 0.581. The third kappa shape index (κ3) is 3.99. The van der Waals surface area contributed by atoms with Crippen molar-refractivity contribution in [3.8, 4) is 0 Å². The molecule has 0 aromatic carbocycles. The molecule has 6 heteroatoms. The van der Waals surface area contributed by atoms with Crippen LogP contribution in [0.25, 0.3) is 0 Å². The van der Waals surface area contributed by atoms with E-state index in [0.717, 1.165) is 18.7 Å². The minimum absolute atomic E-state index is 0.0334. The summed E-state index contributed by atoms with van der Waals surface area (Å²) < 4.78 is 7.80. The molecule has 3 N–H and O–H groups in total. The monoisotopic (exact) mass is 269 g/mol. The van der Waals surface area contributed by atoms with E-state index < -0.39 is 0 Å². The zero-order valence-electron chi connectivity index (χ0n) is 12.7. The fourth-order valence-electron chi connectivity index (χ4n) is 2.25. The number of rotatable bonds is 7. The third-order valence-corrected chi connectivity index (χ3v) is 3.08. The number of hydrogen-bond donors (Lipinski definition) is 2. The first kappa shape index (κ1) is 16.1. The number of nitrogens with one attached hydrogen (secondary N) is 1. The van der Waals surface area contributed by atoms with Gasteiger partial charge in [-0.2, -0.15) is 0 Å². The minimum atomic E-state index is -0.124. The van der Waals surface area contributed by atoms with Crippen molar-refractivity contribution in [1.82, 2.24) is 20.4 Å². The number of aryl methyl sites for hydroxylation is 1. The molecule has 1 heterocycles. The molecular formula is C13H27N5O. The Morgan fingerprint density at radius 1 is 1.42 bits per heavy atom. The molecular weight excluding hydrogens is 242 g/mol. The van der Waals surface area contributed by atoms with Gasteiger partial charge in [-0.1, -0.05) is 32.9 Å². The van der Waals surface area contributed by atoms with Crippen molar-refractivity contribution in [2.75, 3.05) is 6.61 Å². The maximum atomic E-state index is 5.90. The molecule has 0 aliphatic rings. The van der Waals surface area contributed by atoms with Crippen LogP contribution in [0.2, 0.25) is 0 Å². The Bertz CT molecular complexity index is 371. The zero-order chi connectivity index (χ0) is 14.5. The molecule has 0 saturated carbocycles. The maximum absolute atomic E-state index is 5.90. The Morgan fingerprint density at radius 2 is 2.11 bits per heavy atom. The molecule has 0 spiro atoms. The minimum Gasteiger partial charge on any atom is -0.376 e. The SMILES string of the molecule is CCCn1nncc1C(NN)C(OCC)C(C)(C)C. The smallest absolute Gasteiger partial charge is 0.0911 e. The van der Waals surface area contributed by atoms with E-state index in [1.54, 1.807) is 6.20 Å². The topological polar surface area (TPSA) is 78.0 Å². The van der Waals surface area contributed by atoms with Gasteiger partial charge in [0.15, 0.2) is 0 Å². The van der Waals surface area contributed by atoms with Crippen molar-refractivity contribution < 1.29 is 4.74 Å². The molecule has 2 atom stereocenters. The highest BCUT2D eigenvalue weighted by molar-refractivity contribution is 5.07. The van der Waals surface area contributed by atoms with E-state index in [9.17, 15) is 0 Å². The highest BCUT2D eigenvalue weighted by Gasteiger charge is 2.35. The predicted molar refractivity (Wildman–Crippen MR) is 75.2 cm³/mol. The fourth-order valence-corrected chi connectivity index (χ4v) is 2.25. The third-order valence-electron chi connectivity index (χ3n) is 3.08. The fraction of sp³-hybridized carbons (Fsp3) is 0.846. The van der Waals surface area contributed by atoms with Crippen LogP contribution in [0.15, 0.2) is 6.20 Å². The Labute approximate surface area is 115 Å². The summed E-state index contributed by atoms with van der Waals surface area (Å²) in [7, 11) is 0. The summed E-state index contributed by atoms with van der Waals surface area (Å²) in [6.45, 7) is 12.0. The molecule has 0 aliphatic carbocycles. The second kappa shape index (κ2) is 6.98. The highest BCUT2D eigenvalue weighted by atomic mass is 16.5. The molecule has 6 nitrogen and oxygen atoms in total.